The summed E-state index contributed by atoms with van der Waals surface area (Å²) in [5, 5.41) is 21.8. The molecule has 2 aromatic rings. The average molecular weight is 425 g/mol. The highest BCUT2D eigenvalue weighted by Gasteiger charge is 2.39. The number of carboxylic acid groups (broad SMARTS) is 1. The summed E-state index contributed by atoms with van der Waals surface area (Å²) in [6.07, 6.45) is 0.923. The Hall–Kier alpha value is -2.70. The van der Waals surface area contributed by atoms with Gasteiger partial charge >= 0.3 is 5.97 Å². The van der Waals surface area contributed by atoms with Gasteiger partial charge in [0.25, 0.3) is 0 Å². The molecule has 3 N–H and O–H groups in total. The Morgan fingerprint density at radius 3 is 2.58 bits per heavy atom. The van der Waals surface area contributed by atoms with Gasteiger partial charge in [0.2, 0.25) is 0 Å². The van der Waals surface area contributed by atoms with Gasteiger partial charge in [-0.15, -0.1) is 0 Å². The molecular weight excluding hydrogens is 392 g/mol. The van der Waals surface area contributed by atoms with Gasteiger partial charge in [-0.2, -0.15) is 0 Å². The number of aliphatic carboxylic acids is 1. The largest absolute Gasteiger partial charge is 0.508 e. The normalized spacial score (nSPS) is 22.7. The summed E-state index contributed by atoms with van der Waals surface area (Å²) in [4.78, 5) is 26.3. The van der Waals surface area contributed by atoms with Crippen LogP contribution in [0.4, 0.5) is 0 Å². The van der Waals surface area contributed by atoms with Crippen molar-refractivity contribution >= 4 is 11.8 Å². The van der Waals surface area contributed by atoms with E-state index in [0.29, 0.717) is 24.6 Å². The fourth-order valence-corrected chi connectivity index (χ4v) is 4.52. The number of carbonyl (C=O) groups is 2. The maximum Gasteiger partial charge on any atom is 0.317 e. The number of carbonyl (C=O) groups excluding carboxylic acids is 1. The zero-order valence-electron chi connectivity index (χ0n) is 18.3. The second-order valence-corrected chi connectivity index (χ2v) is 8.83. The van der Waals surface area contributed by atoms with Gasteiger partial charge in [0, 0.05) is 31.1 Å². The highest BCUT2D eigenvalue weighted by atomic mass is 16.4. The predicted molar refractivity (Wildman–Crippen MR) is 120 cm³/mol. The van der Waals surface area contributed by atoms with E-state index in [1.165, 1.54) is 0 Å². The van der Waals surface area contributed by atoms with Crippen LogP contribution in [0.25, 0.3) is 0 Å². The van der Waals surface area contributed by atoms with Crippen LogP contribution in [0.1, 0.15) is 36.2 Å². The molecule has 1 fully saturated rings. The zero-order valence-corrected chi connectivity index (χ0v) is 18.3. The molecule has 0 bridgehead atoms. The first kappa shape index (κ1) is 23.0. The highest BCUT2D eigenvalue weighted by Crippen LogP contribution is 2.40. The smallest absolute Gasteiger partial charge is 0.317 e. The van der Waals surface area contributed by atoms with Crippen molar-refractivity contribution in [1.82, 2.24) is 10.2 Å². The highest BCUT2D eigenvalue weighted by molar-refractivity contribution is 5.98. The van der Waals surface area contributed by atoms with Gasteiger partial charge in [0.1, 0.15) is 5.75 Å². The molecule has 3 rings (SSSR count). The lowest BCUT2D eigenvalue weighted by Gasteiger charge is -2.45. The summed E-state index contributed by atoms with van der Waals surface area (Å²) in [5.41, 5.74) is 1.74. The van der Waals surface area contributed by atoms with E-state index >= 15 is 0 Å². The second-order valence-electron chi connectivity index (χ2n) is 8.83. The first-order valence-electron chi connectivity index (χ1n) is 10.8. The minimum absolute atomic E-state index is 0.0347. The van der Waals surface area contributed by atoms with E-state index in [2.05, 4.69) is 30.1 Å². The van der Waals surface area contributed by atoms with Crippen molar-refractivity contribution in [3.8, 4) is 5.75 Å². The number of ketones is 1. The Bertz CT molecular complexity index is 901. The third-order valence-electron chi connectivity index (χ3n) is 6.65. The fraction of sp³-hybridized carbons (Fsp3) is 0.440. The van der Waals surface area contributed by atoms with Crippen LogP contribution >= 0.6 is 0 Å². The number of Topliss-reactive ketones (excluding diaryl/α,β-unsaturated/α-hetero) is 1. The van der Waals surface area contributed by atoms with Gasteiger partial charge in [-0.25, -0.2) is 0 Å². The lowest BCUT2D eigenvalue weighted by atomic mass is 9.68. The number of rotatable bonds is 9. The van der Waals surface area contributed by atoms with Crippen LogP contribution in [0, 0.1) is 11.8 Å². The van der Waals surface area contributed by atoms with E-state index in [9.17, 15) is 14.7 Å². The van der Waals surface area contributed by atoms with Crippen molar-refractivity contribution in [1.29, 1.82) is 0 Å². The van der Waals surface area contributed by atoms with E-state index in [1.807, 2.05) is 42.5 Å². The minimum atomic E-state index is -0.931. The van der Waals surface area contributed by atoms with E-state index in [-0.39, 0.29) is 29.4 Å². The van der Waals surface area contributed by atoms with Crippen LogP contribution in [0.2, 0.25) is 0 Å². The number of nitrogens with one attached hydrogen (secondary N) is 1. The number of likely N-dealkylation sites (tertiary alicyclic amines) is 1. The quantitative estimate of drug-likeness (QED) is 0.536. The summed E-state index contributed by atoms with van der Waals surface area (Å²) in [7, 11) is 0. The fourth-order valence-electron chi connectivity index (χ4n) is 4.52. The zero-order chi connectivity index (χ0) is 22.4. The van der Waals surface area contributed by atoms with E-state index in [1.54, 1.807) is 6.07 Å². The second kappa shape index (κ2) is 10.1. The molecule has 166 valence electrons. The third kappa shape index (κ3) is 5.71. The summed E-state index contributed by atoms with van der Waals surface area (Å²) in [5.74, 6) is -0.597. The molecule has 6 heteroatoms. The number of piperidine rings is 1. The molecule has 0 aliphatic carbocycles. The maximum absolute atomic E-state index is 13.1. The Morgan fingerprint density at radius 1 is 1.19 bits per heavy atom. The van der Waals surface area contributed by atoms with Crippen LogP contribution in [-0.4, -0.2) is 59.6 Å². The molecular formula is C25H32N2O4. The van der Waals surface area contributed by atoms with Crippen molar-refractivity contribution in [2.75, 3.05) is 32.7 Å². The van der Waals surface area contributed by atoms with Crippen LogP contribution in [0.15, 0.2) is 54.6 Å². The SMILES string of the molecule is C[C@H]1CN(C[C@H](CNCC(=O)O)C(=O)c2ccccc2)CC[C@@]1(C)c1cccc(O)c1. The molecule has 3 atom stereocenters. The number of aromatic hydroxyl groups is 1. The molecule has 0 spiro atoms. The van der Waals surface area contributed by atoms with E-state index in [0.717, 1.165) is 25.1 Å². The Kier molecular flexibility index (Phi) is 7.46. The van der Waals surface area contributed by atoms with Crippen molar-refractivity contribution in [3.63, 3.8) is 0 Å². The third-order valence-corrected chi connectivity index (χ3v) is 6.65. The Labute approximate surface area is 183 Å². The Balaban J connectivity index is 1.70. The molecule has 1 aliphatic rings. The van der Waals surface area contributed by atoms with Crippen LogP contribution in [0.5, 0.6) is 5.75 Å². The van der Waals surface area contributed by atoms with Crippen LogP contribution in [-0.2, 0) is 10.2 Å². The molecule has 0 radical (unpaired) electrons. The van der Waals surface area contributed by atoms with E-state index in [4.69, 9.17) is 5.11 Å². The monoisotopic (exact) mass is 424 g/mol. The number of benzene rings is 2. The lowest BCUT2D eigenvalue weighted by molar-refractivity contribution is -0.136. The number of hydrogen-bond acceptors (Lipinski definition) is 5. The first-order valence-corrected chi connectivity index (χ1v) is 10.8. The van der Waals surface area contributed by atoms with Crippen molar-refractivity contribution in [3.05, 3.63) is 65.7 Å². The number of phenolic OH excluding ortho intramolecular Hbond substituents is 1. The molecule has 1 aliphatic heterocycles. The lowest BCUT2D eigenvalue weighted by Crippen LogP contribution is -2.50. The van der Waals surface area contributed by atoms with Crippen molar-refractivity contribution < 1.29 is 19.8 Å². The number of phenols is 1. The molecule has 31 heavy (non-hydrogen) atoms. The number of hydrogen-bond donors (Lipinski definition) is 3. The summed E-state index contributed by atoms with van der Waals surface area (Å²) < 4.78 is 0. The summed E-state index contributed by atoms with van der Waals surface area (Å²) in [6.45, 7) is 6.88. The van der Waals surface area contributed by atoms with Gasteiger partial charge in [-0.05, 0) is 42.0 Å². The molecule has 6 nitrogen and oxygen atoms in total. The molecule has 0 unspecified atom stereocenters. The average Bonchev–Trinajstić information content (AvgIpc) is 2.75. The summed E-state index contributed by atoms with van der Waals surface area (Å²) in [6, 6.07) is 16.7. The van der Waals surface area contributed by atoms with Crippen LogP contribution in [0.3, 0.4) is 0 Å². The topological polar surface area (TPSA) is 89.9 Å². The van der Waals surface area contributed by atoms with E-state index < -0.39 is 5.97 Å². The summed E-state index contributed by atoms with van der Waals surface area (Å²) >= 11 is 0. The van der Waals surface area contributed by atoms with Crippen LogP contribution < -0.4 is 5.32 Å². The molecule has 0 aromatic heterocycles. The number of carboxylic acids is 1. The maximum atomic E-state index is 13.1. The Morgan fingerprint density at radius 2 is 1.94 bits per heavy atom. The molecule has 2 aromatic carbocycles. The number of nitrogens with zero attached hydrogens (tertiary/aromatic N) is 1. The first-order chi connectivity index (χ1) is 14.8. The van der Waals surface area contributed by atoms with Crippen molar-refractivity contribution in [2.24, 2.45) is 11.8 Å². The van der Waals surface area contributed by atoms with Gasteiger partial charge in [0.05, 0.1) is 6.54 Å². The van der Waals surface area contributed by atoms with Crippen molar-refractivity contribution in [2.45, 2.75) is 25.7 Å². The standard InChI is InChI=1S/C25H32N2O4/c1-18-16-27(12-11-25(18,2)21-9-6-10-22(28)13-21)17-20(14-26-15-23(29)30)24(31)19-7-4-3-5-8-19/h3-10,13,18,20,26,28H,11-12,14-17H2,1-2H3,(H,29,30)/t18-,20-,25+/m0/s1. The van der Waals surface area contributed by atoms with Gasteiger partial charge in [-0.1, -0.05) is 56.3 Å². The molecule has 0 amide bonds. The minimum Gasteiger partial charge on any atom is -0.508 e. The van der Waals surface area contributed by atoms with Gasteiger partial charge in [0.15, 0.2) is 5.78 Å². The van der Waals surface area contributed by atoms with Gasteiger partial charge in [-0.3, -0.25) is 9.59 Å². The molecule has 1 heterocycles. The molecule has 1 saturated heterocycles. The predicted octanol–water partition coefficient (Wildman–Crippen LogP) is 3.17. The molecule has 0 saturated carbocycles. The van der Waals surface area contributed by atoms with Gasteiger partial charge < -0.3 is 20.4 Å².